The van der Waals surface area contributed by atoms with E-state index in [1.54, 1.807) is 6.07 Å². The van der Waals surface area contributed by atoms with Crippen LogP contribution in [0.25, 0.3) is 0 Å². The molecule has 1 aromatic rings. The topological polar surface area (TPSA) is 44.5 Å². The molecule has 100 valence electrons. The molecule has 18 heavy (non-hydrogen) atoms. The molecule has 0 bridgehead atoms. The maximum Gasteiger partial charge on any atom is 0.165 e. The van der Waals surface area contributed by atoms with Crippen LogP contribution in [0.4, 0.5) is 4.39 Å². The lowest BCUT2D eigenvalue weighted by atomic mass is 10.1. The lowest BCUT2D eigenvalue weighted by Gasteiger charge is -2.25. The fraction of sp³-hybridized carbons (Fsp3) is 0.571. The van der Waals surface area contributed by atoms with Crippen LogP contribution in [-0.4, -0.2) is 25.4 Å². The minimum absolute atomic E-state index is 0.0103. The van der Waals surface area contributed by atoms with E-state index in [0.717, 1.165) is 18.4 Å². The first-order chi connectivity index (χ1) is 8.66. The smallest absolute Gasteiger partial charge is 0.165 e. The Labute approximate surface area is 107 Å². The molecule has 0 saturated carbocycles. The SMILES string of the molecule is CC(N)Cc1cccc(F)c1OC1CCOCC1. The van der Waals surface area contributed by atoms with Crippen molar-refractivity contribution in [3.05, 3.63) is 29.6 Å². The van der Waals surface area contributed by atoms with Gasteiger partial charge in [0.25, 0.3) is 0 Å². The van der Waals surface area contributed by atoms with Crippen LogP contribution in [0.1, 0.15) is 25.3 Å². The van der Waals surface area contributed by atoms with E-state index in [-0.39, 0.29) is 18.0 Å². The van der Waals surface area contributed by atoms with E-state index in [1.807, 2.05) is 13.0 Å². The van der Waals surface area contributed by atoms with E-state index in [9.17, 15) is 4.39 Å². The van der Waals surface area contributed by atoms with Crippen molar-refractivity contribution in [1.82, 2.24) is 0 Å². The zero-order valence-electron chi connectivity index (χ0n) is 10.7. The Balaban J connectivity index is 2.13. The number of rotatable bonds is 4. The van der Waals surface area contributed by atoms with Gasteiger partial charge in [0.05, 0.1) is 13.2 Å². The second kappa shape index (κ2) is 6.16. The fourth-order valence-electron chi connectivity index (χ4n) is 2.15. The quantitative estimate of drug-likeness (QED) is 0.895. The molecule has 1 aliphatic heterocycles. The molecule has 3 nitrogen and oxygen atoms in total. The van der Waals surface area contributed by atoms with Crippen molar-refractivity contribution in [1.29, 1.82) is 0 Å². The summed E-state index contributed by atoms with van der Waals surface area (Å²) in [6, 6.07) is 4.99. The molecule has 2 rings (SSSR count). The number of benzene rings is 1. The maximum atomic E-state index is 13.9. The molecule has 0 amide bonds. The van der Waals surface area contributed by atoms with Gasteiger partial charge in [-0.1, -0.05) is 12.1 Å². The van der Waals surface area contributed by atoms with E-state index in [4.69, 9.17) is 15.2 Å². The van der Waals surface area contributed by atoms with Gasteiger partial charge >= 0.3 is 0 Å². The van der Waals surface area contributed by atoms with Crippen LogP contribution in [-0.2, 0) is 11.2 Å². The van der Waals surface area contributed by atoms with Crippen molar-refractivity contribution < 1.29 is 13.9 Å². The zero-order valence-corrected chi connectivity index (χ0v) is 10.7. The largest absolute Gasteiger partial charge is 0.487 e. The first-order valence-corrected chi connectivity index (χ1v) is 6.44. The minimum Gasteiger partial charge on any atom is -0.487 e. The summed E-state index contributed by atoms with van der Waals surface area (Å²) in [5, 5.41) is 0. The summed E-state index contributed by atoms with van der Waals surface area (Å²) in [6.07, 6.45) is 2.29. The van der Waals surface area contributed by atoms with Crippen molar-refractivity contribution >= 4 is 0 Å². The summed E-state index contributed by atoms with van der Waals surface area (Å²) < 4.78 is 24.9. The van der Waals surface area contributed by atoms with Gasteiger partial charge < -0.3 is 15.2 Å². The zero-order chi connectivity index (χ0) is 13.0. The van der Waals surface area contributed by atoms with E-state index in [1.165, 1.54) is 6.07 Å². The van der Waals surface area contributed by atoms with Crippen LogP contribution in [0.5, 0.6) is 5.75 Å². The van der Waals surface area contributed by atoms with Crippen LogP contribution < -0.4 is 10.5 Å². The van der Waals surface area contributed by atoms with E-state index >= 15 is 0 Å². The van der Waals surface area contributed by atoms with Crippen LogP contribution in [0, 0.1) is 5.82 Å². The third kappa shape index (κ3) is 3.43. The Kier molecular flexibility index (Phi) is 4.55. The third-order valence-electron chi connectivity index (χ3n) is 3.04. The Morgan fingerprint density at radius 1 is 1.44 bits per heavy atom. The second-order valence-electron chi connectivity index (χ2n) is 4.84. The van der Waals surface area contributed by atoms with Gasteiger partial charge in [0, 0.05) is 18.9 Å². The Hall–Kier alpha value is -1.13. The van der Waals surface area contributed by atoms with Gasteiger partial charge in [-0.15, -0.1) is 0 Å². The number of halogens is 1. The van der Waals surface area contributed by atoms with Crippen molar-refractivity contribution in [3.63, 3.8) is 0 Å². The molecule has 1 heterocycles. The molecule has 0 spiro atoms. The molecule has 1 aromatic carbocycles. The second-order valence-corrected chi connectivity index (χ2v) is 4.84. The normalized spacial score (nSPS) is 18.6. The summed E-state index contributed by atoms with van der Waals surface area (Å²) in [6.45, 7) is 3.27. The first-order valence-electron chi connectivity index (χ1n) is 6.44. The molecule has 0 radical (unpaired) electrons. The van der Waals surface area contributed by atoms with Crippen LogP contribution in [0.3, 0.4) is 0 Å². The van der Waals surface area contributed by atoms with Gasteiger partial charge in [0.15, 0.2) is 11.6 Å². The monoisotopic (exact) mass is 253 g/mol. The molecular weight excluding hydrogens is 233 g/mol. The molecular formula is C14H20FNO2. The van der Waals surface area contributed by atoms with E-state index in [0.29, 0.717) is 25.4 Å². The lowest BCUT2D eigenvalue weighted by Crippen LogP contribution is -2.27. The van der Waals surface area contributed by atoms with Crippen LogP contribution >= 0.6 is 0 Å². The van der Waals surface area contributed by atoms with Crippen LogP contribution in [0.15, 0.2) is 18.2 Å². The Morgan fingerprint density at radius 2 is 2.17 bits per heavy atom. The highest BCUT2D eigenvalue weighted by Crippen LogP contribution is 2.27. The van der Waals surface area contributed by atoms with E-state index < -0.39 is 0 Å². The minimum atomic E-state index is -0.306. The molecule has 4 heteroatoms. The number of hydrogen-bond acceptors (Lipinski definition) is 3. The van der Waals surface area contributed by atoms with Crippen molar-refractivity contribution in [3.8, 4) is 5.75 Å². The predicted octanol–water partition coefficient (Wildman–Crippen LogP) is 2.27. The first kappa shape index (κ1) is 13.3. The van der Waals surface area contributed by atoms with Gasteiger partial charge in [0.2, 0.25) is 0 Å². The summed E-state index contributed by atoms with van der Waals surface area (Å²) in [5.74, 6) is 0.0568. The van der Waals surface area contributed by atoms with Gasteiger partial charge in [0.1, 0.15) is 6.10 Å². The maximum absolute atomic E-state index is 13.9. The van der Waals surface area contributed by atoms with Gasteiger partial charge in [-0.25, -0.2) is 4.39 Å². The average Bonchev–Trinajstić information content (AvgIpc) is 2.34. The highest BCUT2D eigenvalue weighted by Gasteiger charge is 2.19. The standard InChI is InChI=1S/C14H20FNO2/c1-10(16)9-11-3-2-4-13(15)14(11)18-12-5-7-17-8-6-12/h2-4,10,12H,5-9,16H2,1H3. The van der Waals surface area contributed by atoms with Crippen molar-refractivity contribution in [2.75, 3.05) is 13.2 Å². The van der Waals surface area contributed by atoms with Crippen molar-refractivity contribution in [2.45, 2.75) is 38.3 Å². The molecule has 0 aliphatic carbocycles. The average molecular weight is 253 g/mol. The van der Waals surface area contributed by atoms with Gasteiger partial charge in [-0.2, -0.15) is 0 Å². The molecule has 1 unspecified atom stereocenters. The van der Waals surface area contributed by atoms with Gasteiger partial charge in [-0.05, 0) is 25.0 Å². The van der Waals surface area contributed by atoms with Gasteiger partial charge in [-0.3, -0.25) is 0 Å². The molecule has 1 atom stereocenters. The number of nitrogens with two attached hydrogens (primary N) is 1. The number of para-hydroxylation sites is 1. The van der Waals surface area contributed by atoms with E-state index in [2.05, 4.69) is 0 Å². The number of ether oxygens (including phenoxy) is 2. The fourth-order valence-corrected chi connectivity index (χ4v) is 2.15. The molecule has 2 N–H and O–H groups in total. The summed E-state index contributed by atoms with van der Waals surface area (Å²) in [5.41, 5.74) is 6.62. The highest BCUT2D eigenvalue weighted by molar-refractivity contribution is 5.35. The van der Waals surface area contributed by atoms with Crippen molar-refractivity contribution in [2.24, 2.45) is 5.73 Å². The van der Waals surface area contributed by atoms with Crippen LogP contribution in [0.2, 0.25) is 0 Å². The molecule has 1 saturated heterocycles. The number of hydrogen-bond donors (Lipinski definition) is 1. The molecule has 1 aliphatic rings. The summed E-state index contributed by atoms with van der Waals surface area (Å²) in [7, 11) is 0. The Bertz CT molecular complexity index is 389. The lowest BCUT2D eigenvalue weighted by molar-refractivity contribution is 0.0236. The summed E-state index contributed by atoms with van der Waals surface area (Å²) >= 11 is 0. The molecule has 0 aromatic heterocycles. The highest BCUT2D eigenvalue weighted by atomic mass is 19.1. The summed E-state index contributed by atoms with van der Waals surface area (Å²) in [4.78, 5) is 0. The third-order valence-corrected chi connectivity index (χ3v) is 3.04. The predicted molar refractivity (Wildman–Crippen MR) is 68.2 cm³/mol. The molecule has 1 fully saturated rings. The Morgan fingerprint density at radius 3 is 2.83 bits per heavy atom.